The minimum Gasteiger partial charge on any atom is -0.497 e. The van der Waals surface area contributed by atoms with Crippen LogP contribution in [0.25, 0.3) is 0 Å². The van der Waals surface area contributed by atoms with Gasteiger partial charge in [-0.3, -0.25) is 0 Å². The van der Waals surface area contributed by atoms with Crippen LogP contribution in [0.3, 0.4) is 0 Å². The van der Waals surface area contributed by atoms with E-state index >= 15 is 0 Å². The van der Waals surface area contributed by atoms with Crippen molar-refractivity contribution in [2.45, 2.75) is 18.8 Å². The number of methoxy groups -OCH3 is 1. The quantitative estimate of drug-likeness (QED) is 0.907. The molecule has 0 radical (unpaired) electrons. The van der Waals surface area contributed by atoms with Crippen LogP contribution >= 0.6 is 0 Å². The Morgan fingerprint density at radius 2 is 1.90 bits per heavy atom. The monoisotopic (exact) mass is 273 g/mol. The smallest absolute Gasteiger partial charge is 0.127 e. The van der Waals surface area contributed by atoms with E-state index in [1.807, 2.05) is 43.3 Å². The average molecular weight is 273 g/mol. The molecule has 0 aromatic heterocycles. The lowest BCUT2D eigenvalue weighted by atomic mass is 9.77. The number of rotatable bonds is 5. The van der Waals surface area contributed by atoms with Gasteiger partial charge in [0.05, 0.1) is 7.11 Å². The van der Waals surface area contributed by atoms with Crippen LogP contribution in [-0.4, -0.2) is 13.7 Å². The van der Waals surface area contributed by atoms with E-state index in [1.165, 1.54) is 6.07 Å². The summed E-state index contributed by atoms with van der Waals surface area (Å²) in [5.74, 6) is 0.596. The maximum atomic E-state index is 14.0. The summed E-state index contributed by atoms with van der Waals surface area (Å²) in [4.78, 5) is 0. The zero-order chi connectivity index (χ0) is 14.6. The first-order chi connectivity index (χ1) is 9.59. The largest absolute Gasteiger partial charge is 0.497 e. The van der Waals surface area contributed by atoms with Crippen LogP contribution in [0.15, 0.2) is 48.5 Å². The van der Waals surface area contributed by atoms with Gasteiger partial charge in [-0.2, -0.15) is 0 Å². The molecule has 2 nitrogen and oxygen atoms in total. The summed E-state index contributed by atoms with van der Waals surface area (Å²) in [5, 5.41) is 0. The van der Waals surface area contributed by atoms with Crippen LogP contribution in [0.1, 0.15) is 18.1 Å². The fraction of sp³-hybridized carbons (Fsp3) is 0.294. The second-order valence-electron chi connectivity index (χ2n) is 5.27. The lowest BCUT2D eigenvalue weighted by Crippen LogP contribution is -2.35. The van der Waals surface area contributed by atoms with Crippen LogP contribution in [0.5, 0.6) is 5.75 Å². The lowest BCUT2D eigenvalue weighted by Gasteiger charge is -2.29. The van der Waals surface area contributed by atoms with Crippen molar-refractivity contribution in [1.29, 1.82) is 0 Å². The molecule has 0 saturated carbocycles. The van der Waals surface area contributed by atoms with Crippen molar-refractivity contribution in [3.63, 3.8) is 0 Å². The zero-order valence-corrected chi connectivity index (χ0v) is 11.9. The molecule has 0 amide bonds. The van der Waals surface area contributed by atoms with Crippen molar-refractivity contribution in [3.05, 3.63) is 65.5 Å². The number of nitrogens with two attached hydrogens (primary N) is 1. The first kappa shape index (κ1) is 14.5. The van der Waals surface area contributed by atoms with E-state index in [1.54, 1.807) is 13.2 Å². The van der Waals surface area contributed by atoms with Gasteiger partial charge in [-0.25, -0.2) is 4.39 Å². The van der Waals surface area contributed by atoms with Gasteiger partial charge < -0.3 is 10.5 Å². The average Bonchev–Trinajstić information content (AvgIpc) is 2.47. The van der Waals surface area contributed by atoms with Crippen LogP contribution < -0.4 is 10.5 Å². The standard InChI is InChI=1S/C17H20FNO/c1-17(12-19,15-8-3-4-9-16(15)18)11-13-6-5-7-14(10-13)20-2/h3-10H,11-12,19H2,1-2H3. The van der Waals surface area contributed by atoms with Crippen molar-refractivity contribution < 1.29 is 9.13 Å². The Kier molecular flexibility index (Phi) is 4.40. The van der Waals surface area contributed by atoms with Gasteiger partial charge in [0, 0.05) is 12.0 Å². The van der Waals surface area contributed by atoms with E-state index in [0.717, 1.165) is 11.3 Å². The molecule has 0 fully saturated rings. The predicted molar refractivity (Wildman–Crippen MR) is 79.5 cm³/mol. The van der Waals surface area contributed by atoms with Gasteiger partial charge in [0.25, 0.3) is 0 Å². The van der Waals surface area contributed by atoms with E-state index < -0.39 is 5.41 Å². The van der Waals surface area contributed by atoms with Gasteiger partial charge in [-0.05, 0) is 35.7 Å². The van der Waals surface area contributed by atoms with Crippen molar-refractivity contribution >= 4 is 0 Å². The molecule has 1 unspecified atom stereocenters. The predicted octanol–water partition coefficient (Wildman–Crippen LogP) is 3.29. The Morgan fingerprint density at radius 3 is 2.55 bits per heavy atom. The van der Waals surface area contributed by atoms with E-state index in [4.69, 9.17) is 10.5 Å². The molecule has 3 heteroatoms. The Morgan fingerprint density at radius 1 is 1.15 bits per heavy atom. The topological polar surface area (TPSA) is 35.2 Å². The Labute approximate surface area is 119 Å². The number of halogens is 1. The molecule has 2 aromatic carbocycles. The van der Waals surface area contributed by atoms with Crippen molar-refractivity contribution in [2.24, 2.45) is 5.73 Å². The Bertz CT molecular complexity index is 585. The molecular weight excluding hydrogens is 253 g/mol. The van der Waals surface area contributed by atoms with Gasteiger partial charge in [-0.1, -0.05) is 37.3 Å². The third-order valence-corrected chi connectivity index (χ3v) is 3.70. The summed E-state index contributed by atoms with van der Waals surface area (Å²) < 4.78 is 19.3. The molecule has 106 valence electrons. The maximum absolute atomic E-state index is 14.0. The molecule has 20 heavy (non-hydrogen) atoms. The summed E-state index contributed by atoms with van der Waals surface area (Å²) in [5.41, 5.74) is 7.24. The summed E-state index contributed by atoms with van der Waals surface area (Å²) in [6, 6.07) is 14.6. The van der Waals surface area contributed by atoms with E-state index in [2.05, 4.69) is 0 Å². The van der Waals surface area contributed by atoms with Crippen LogP contribution in [0.4, 0.5) is 4.39 Å². The van der Waals surface area contributed by atoms with Crippen LogP contribution in [0.2, 0.25) is 0 Å². The Balaban J connectivity index is 2.34. The highest BCUT2D eigenvalue weighted by Gasteiger charge is 2.28. The fourth-order valence-electron chi connectivity index (χ4n) is 2.46. The van der Waals surface area contributed by atoms with E-state index in [-0.39, 0.29) is 5.82 Å². The molecule has 0 aliphatic carbocycles. The molecule has 0 spiro atoms. The van der Waals surface area contributed by atoms with Crippen LogP contribution in [0, 0.1) is 5.82 Å². The highest BCUT2D eigenvalue weighted by atomic mass is 19.1. The summed E-state index contributed by atoms with van der Waals surface area (Å²) >= 11 is 0. The summed E-state index contributed by atoms with van der Waals surface area (Å²) in [7, 11) is 1.64. The van der Waals surface area contributed by atoms with Gasteiger partial charge >= 0.3 is 0 Å². The molecule has 0 aliphatic heterocycles. The third kappa shape index (κ3) is 2.99. The van der Waals surface area contributed by atoms with Gasteiger partial charge in [0.2, 0.25) is 0 Å². The molecule has 0 heterocycles. The zero-order valence-electron chi connectivity index (χ0n) is 11.9. The van der Waals surface area contributed by atoms with Crippen molar-refractivity contribution in [1.82, 2.24) is 0 Å². The SMILES string of the molecule is COc1cccc(CC(C)(CN)c2ccccc2F)c1. The van der Waals surface area contributed by atoms with Gasteiger partial charge in [0.1, 0.15) is 11.6 Å². The molecular formula is C17H20FNO. The van der Waals surface area contributed by atoms with E-state index in [9.17, 15) is 4.39 Å². The van der Waals surface area contributed by atoms with Crippen molar-refractivity contribution in [2.75, 3.05) is 13.7 Å². The molecule has 0 bridgehead atoms. The molecule has 0 saturated heterocycles. The second-order valence-corrected chi connectivity index (χ2v) is 5.27. The highest BCUT2D eigenvalue weighted by Crippen LogP contribution is 2.30. The number of benzene rings is 2. The van der Waals surface area contributed by atoms with Gasteiger partial charge in [-0.15, -0.1) is 0 Å². The molecule has 0 aliphatic rings. The van der Waals surface area contributed by atoms with Crippen molar-refractivity contribution in [3.8, 4) is 5.75 Å². The van der Waals surface area contributed by atoms with Gasteiger partial charge in [0.15, 0.2) is 0 Å². The highest BCUT2D eigenvalue weighted by molar-refractivity contribution is 5.34. The third-order valence-electron chi connectivity index (χ3n) is 3.70. The Hall–Kier alpha value is -1.87. The number of hydrogen-bond donors (Lipinski definition) is 1. The summed E-state index contributed by atoms with van der Waals surface area (Å²) in [6.07, 6.45) is 0.668. The molecule has 2 aromatic rings. The minimum absolute atomic E-state index is 0.205. The van der Waals surface area contributed by atoms with Crippen LogP contribution in [-0.2, 0) is 11.8 Å². The first-order valence-electron chi connectivity index (χ1n) is 6.67. The molecule has 1 atom stereocenters. The molecule has 2 N–H and O–H groups in total. The number of hydrogen-bond acceptors (Lipinski definition) is 2. The fourth-order valence-corrected chi connectivity index (χ4v) is 2.46. The summed E-state index contributed by atoms with van der Waals surface area (Å²) in [6.45, 7) is 2.37. The normalized spacial score (nSPS) is 13.8. The lowest BCUT2D eigenvalue weighted by molar-refractivity contribution is 0.412. The number of ether oxygens (including phenoxy) is 1. The molecule has 2 rings (SSSR count). The maximum Gasteiger partial charge on any atom is 0.127 e. The van der Waals surface area contributed by atoms with E-state index in [0.29, 0.717) is 18.5 Å². The minimum atomic E-state index is -0.433. The first-order valence-corrected chi connectivity index (χ1v) is 6.67. The second kappa shape index (κ2) is 6.06.